The summed E-state index contributed by atoms with van der Waals surface area (Å²) in [5.74, 6) is 1.48. The number of likely N-dealkylation sites (N-methyl/N-ethyl adjacent to an activating group) is 1. The fourth-order valence-electron chi connectivity index (χ4n) is 4.91. The normalized spacial score (nSPS) is 22.6. The van der Waals surface area contributed by atoms with Crippen LogP contribution in [0.25, 0.3) is 11.3 Å². The van der Waals surface area contributed by atoms with Crippen LogP contribution in [0, 0.1) is 0 Å². The molecule has 3 heterocycles. The highest BCUT2D eigenvalue weighted by molar-refractivity contribution is 5.73. The van der Waals surface area contributed by atoms with E-state index in [0.717, 1.165) is 81.9 Å². The smallest absolute Gasteiger partial charge is 0.224 e. The molecule has 0 bridgehead atoms. The van der Waals surface area contributed by atoms with Gasteiger partial charge in [0.2, 0.25) is 5.95 Å². The van der Waals surface area contributed by atoms with Gasteiger partial charge in [0.05, 0.1) is 17.4 Å². The number of pyridine rings is 1. The summed E-state index contributed by atoms with van der Waals surface area (Å²) >= 11 is 0. The van der Waals surface area contributed by atoms with E-state index >= 15 is 0 Å². The van der Waals surface area contributed by atoms with E-state index in [2.05, 4.69) is 58.4 Å². The summed E-state index contributed by atoms with van der Waals surface area (Å²) < 4.78 is 0. The highest BCUT2D eigenvalue weighted by atomic mass is 16.3. The second-order valence-electron chi connectivity index (χ2n) is 10.4. The van der Waals surface area contributed by atoms with Crippen molar-refractivity contribution in [2.24, 2.45) is 0 Å². The van der Waals surface area contributed by atoms with Gasteiger partial charge >= 0.3 is 0 Å². The number of nitrogens with one attached hydrogen (secondary N) is 2. The van der Waals surface area contributed by atoms with Crippen LogP contribution in [-0.4, -0.2) is 81.3 Å². The SMILES string of the molecule is CCCCC(C)Nc1ncc(-c2ccc(CN3CCN(C)CC3)cn2)c(N[C@H]2CC[C@H](O)CC2)n1. The lowest BCUT2D eigenvalue weighted by Crippen LogP contribution is -2.43. The maximum atomic E-state index is 9.92. The highest BCUT2D eigenvalue weighted by Gasteiger charge is 2.22. The average molecular weight is 482 g/mol. The Hall–Kier alpha value is -2.29. The Morgan fingerprint density at radius 2 is 1.83 bits per heavy atom. The third kappa shape index (κ3) is 7.59. The van der Waals surface area contributed by atoms with Crippen LogP contribution >= 0.6 is 0 Å². The largest absolute Gasteiger partial charge is 0.393 e. The molecule has 0 spiro atoms. The van der Waals surface area contributed by atoms with Gasteiger partial charge in [-0.15, -0.1) is 0 Å². The lowest BCUT2D eigenvalue weighted by atomic mass is 9.93. The van der Waals surface area contributed by atoms with Crippen molar-refractivity contribution in [3.05, 3.63) is 30.1 Å². The fraction of sp³-hybridized carbons (Fsp3) is 0.667. The standard InChI is InChI=1S/C27H43N7O/c1-4-5-6-20(2)30-27-29-18-24(26(32-27)31-22-8-10-23(35)11-9-22)25-12-7-21(17-28-25)19-34-15-13-33(3)14-16-34/h7,12,17-18,20,22-23,35H,4-6,8-11,13-16,19H2,1-3H3,(H2,29,30,31,32)/t20?,22-,23-. The van der Waals surface area contributed by atoms with E-state index in [1.807, 2.05) is 12.4 Å². The van der Waals surface area contributed by atoms with Crippen LogP contribution in [0.15, 0.2) is 24.5 Å². The molecule has 0 amide bonds. The average Bonchev–Trinajstić information content (AvgIpc) is 2.86. The molecule has 2 aromatic rings. The Bertz CT molecular complexity index is 906. The van der Waals surface area contributed by atoms with Gasteiger partial charge in [0.1, 0.15) is 5.82 Å². The van der Waals surface area contributed by atoms with Gasteiger partial charge in [0, 0.05) is 57.2 Å². The molecule has 1 unspecified atom stereocenters. The van der Waals surface area contributed by atoms with Gasteiger partial charge < -0.3 is 20.6 Å². The lowest BCUT2D eigenvalue weighted by Gasteiger charge is -2.32. The summed E-state index contributed by atoms with van der Waals surface area (Å²) in [5.41, 5.74) is 3.04. The maximum Gasteiger partial charge on any atom is 0.224 e. The van der Waals surface area contributed by atoms with Crippen LogP contribution in [0.2, 0.25) is 0 Å². The molecular formula is C27H43N7O. The molecule has 0 aromatic carbocycles. The Morgan fingerprint density at radius 1 is 1.06 bits per heavy atom. The van der Waals surface area contributed by atoms with Gasteiger partial charge in [-0.25, -0.2) is 4.98 Å². The first-order valence-corrected chi connectivity index (χ1v) is 13.4. The number of rotatable bonds is 10. The lowest BCUT2D eigenvalue weighted by molar-refractivity contribution is 0.126. The Morgan fingerprint density at radius 3 is 2.51 bits per heavy atom. The number of nitrogens with zero attached hydrogens (tertiary/aromatic N) is 5. The zero-order chi connectivity index (χ0) is 24.6. The molecule has 35 heavy (non-hydrogen) atoms. The summed E-state index contributed by atoms with van der Waals surface area (Å²) in [7, 11) is 2.18. The van der Waals surface area contributed by atoms with Gasteiger partial charge in [0.15, 0.2) is 0 Å². The van der Waals surface area contributed by atoms with Crippen molar-refractivity contribution < 1.29 is 5.11 Å². The zero-order valence-electron chi connectivity index (χ0n) is 21.7. The van der Waals surface area contributed by atoms with Gasteiger partial charge in [0.25, 0.3) is 0 Å². The molecule has 2 aromatic heterocycles. The van der Waals surface area contributed by atoms with Gasteiger partial charge in [-0.1, -0.05) is 25.8 Å². The third-order valence-corrected chi connectivity index (χ3v) is 7.30. The summed E-state index contributed by atoms with van der Waals surface area (Å²) in [4.78, 5) is 19.2. The van der Waals surface area contributed by atoms with Crippen LogP contribution in [0.3, 0.4) is 0 Å². The first-order valence-electron chi connectivity index (χ1n) is 13.4. The Balaban J connectivity index is 1.49. The minimum atomic E-state index is -0.177. The molecule has 192 valence electrons. The molecule has 4 rings (SSSR count). The van der Waals surface area contributed by atoms with Crippen molar-refractivity contribution in [2.75, 3.05) is 43.9 Å². The zero-order valence-corrected chi connectivity index (χ0v) is 21.7. The highest BCUT2D eigenvalue weighted by Crippen LogP contribution is 2.29. The van der Waals surface area contributed by atoms with Gasteiger partial charge in [-0.3, -0.25) is 9.88 Å². The first kappa shape index (κ1) is 25.8. The van der Waals surface area contributed by atoms with Gasteiger partial charge in [-0.2, -0.15) is 4.98 Å². The minimum absolute atomic E-state index is 0.177. The van der Waals surface area contributed by atoms with E-state index < -0.39 is 0 Å². The Kier molecular flexibility index (Phi) is 9.29. The summed E-state index contributed by atoms with van der Waals surface area (Å²) in [6.07, 6.45) is 10.7. The summed E-state index contributed by atoms with van der Waals surface area (Å²) in [5, 5.41) is 17.0. The van der Waals surface area contributed by atoms with Crippen molar-refractivity contribution in [2.45, 2.75) is 83.5 Å². The Labute approximate surface area is 210 Å². The van der Waals surface area contributed by atoms with Crippen LogP contribution in [-0.2, 0) is 6.54 Å². The van der Waals surface area contributed by atoms with E-state index in [-0.39, 0.29) is 6.10 Å². The minimum Gasteiger partial charge on any atom is -0.393 e. The van der Waals surface area contributed by atoms with Crippen molar-refractivity contribution in [1.82, 2.24) is 24.8 Å². The number of hydrogen-bond donors (Lipinski definition) is 3. The van der Waals surface area contributed by atoms with Crippen molar-refractivity contribution in [3.63, 3.8) is 0 Å². The van der Waals surface area contributed by atoms with Crippen LogP contribution in [0.5, 0.6) is 0 Å². The number of aliphatic hydroxyl groups excluding tert-OH is 1. The van der Waals surface area contributed by atoms with E-state index in [1.54, 1.807) is 0 Å². The maximum absolute atomic E-state index is 9.92. The van der Waals surface area contributed by atoms with Crippen molar-refractivity contribution >= 4 is 11.8 Å². The molecule has 1 aliphatic heterocycles. The van der Waals surface area contributed by atoms with Crippen LogP contribution in [0.1, 0.15) is 64.4 Å². The monoisotopic (exact) mass is 481 g/mol. The fourth-order valence-corrected chi connectivity index (χ4v) is 4.91. The number of aliphatic hydroxyl groups is 1. The number of aromatic nitrogens is 3. The predicted molar refractivity (Wildman–Crippen MR) is 143 cm³/mol. The first-order chi connectivity index (χ1) is 17.0. The van der Waals surface area contributed by atoms with Crippen molar-refractivity contribution in [3.8, 4) is 11.3 Å². The van der Waals surface area contributed by atoms with Crippen LogP contribution in [0.4, 0.5) is 11.8 Å². The third-order valence-electron chi connectivity index (χ3n) is 7.30. The van der Waals surface area contributed by atoms with Crippen molar-refractivity contribution in [1.29, 1.82) is 0 Å². The quantitative estimate of drug-likeness (QED) is 0.469. The predicted octanol–water partition coefficient (Wildman–Crippen LogP) is 3.99. The molecule has 8 nitrogen and oxygen atoms in total. The molecule has 8 heteroatoms. The molecule has 2 fully saturated rings. The molecule has 3 N–H and O–H groups in total. The second-order valence-corrected chi connectivity index (χ2v) is 10.4. The van der Waals surface area contributed by atoms with E-state index in [4.69, 9.17) is 9.97 Å². The van der Waals surface area contributed by atoms with Crippen LogP contribution < -0.4 is 10.6 Å². The molecule has 1 aliphatic carbocycles. The molecule has 1 saturated heterocycles. The number of unbranched alkanes of at least 4 members (excludes halogenated alkanes) is 1. The molecule has 0 radical (unpaired) electrons. The second kappa shape index (κ2) is 12.6. The van der Waals surface area contributed by atoms with E-state index in [1.165, 1.54) is 18.4 Å². The van der Waals surface area contributed by atoms with E-state index in [0.29, 0.717) is 18.0 Å². The number of hydrogen-bond acceptors (Lipinski definition) is 8. The van der Waals surface area contributed by atoms with E-state index in [9.17, 15) is 5.11 Å². The summed E-state index contributed by atoms with van der Waals surface area (Å²) in [6, 6.07) is 4.90. The molecule has 1 saturated carbocycles. The number of piperazine rings is 1. The number of anilines is 2. The topological polar surface area (TPSA) is 89.4 Å². The molecular weight excluding hydrogens is 438 g/mol. The van der Waals surface area contributed by atoms with Gasteiger partial charge in [-0.05, 0) is 57.7 Å². The summed E-state index contributed by atoms with van der Waals surface area (Å²) in [6.45, 7) is 9.77. The molecule has 1 atom stereocenters. The molecule has 2 aliphatic rings.